The Morgan fingerprint density at radius 1 is 1.12 bits per heavy atom. The number of halogens is 2. The Hall–Kier alpha value is -2.32. The van der Waals surface area contributed by atoms with Gasteiger partial charge in [-0.25, -0.2) is 17.2 Å². The molecule has 2 aromatic rings. The van der Waals surface area contributed by atoms with Crippen LogP contribution in [0.2, 0.25) is 0 Å². The molecule has 1 amide bonds. The van der Waals surface area contributed by atoms with Gasteiger partial charge in [0.25, 0.3) is 0 Å². The van der Waals surface area contributed by atoms with Gasteiger partial charge in [0.1, 0.15) is 17.4 Å². The van der Waals surface area contributed by atoms with Crippen molar-refractivity contribution in [1.29, 1.82) is 0 Å². The number of carbonyl (C=O) groups excluding carboxylic acids is 1. The van der Waals surface area contributed by atoms with Gasteiger partial charge in [0.2, 0.25) is 15.9 Å². The Bertz CT molecular complexity index is 910. The molecule has 0 saturated carbocycles. The first-order valence-electron chi connectivity index (χ1n) is 8.01. The molecule has 0 radical (unpaired) electrons. The van der Waals surface area contributed by atoms with Gasteiger partial charge in [-0.2, -0.15) is 0 Å². The number of hydrogen-bond acceptors (Lipinski definition) is 4. The number of amides is 1. The van der Waals surface area contributed by atoms with Crippen LogP contribution in [0.25, 0.3) is 0 Å². The summed E-state index contributed by atoms with van der Waals surface area (Å²) in [5.41, 5.74) is 1.28. The van der Waals surface area contributed by atoms with E-state index in [1.54, 1.807) is 0 Å². The average molecular weight is 381 g/mol. The van der Waals surface area contributed by atoms with Gasteiger partial charge in [0, 0.05) is 5.56 Å². The quantitative estimate of drug-likeness (QED) is 0.864. The molecule has 0 saturated heterocycles. The van der Waals surface area contributed by atoms with Gasteiger partial charge in [-0.05, 0) is 29.7 Å². The second-order valence-corrected chi connectivity index (χ2v) is 7.72. The highest BCUT2D eigenvalue weighted by molar-refractivity contribution is 7.89. The van der Waals surface area contributed by atoms with Crippen LogP contribution in [0.1, 0.15) is 29.2 Å². The normalized spacial score (nSPS) is 16.8. The van der Waals surface area contributed by atoms with Crippen LogP contribution >= 0.6 is 0 Å². The van der Waals surface area contributed by atoms with Crippen LogP contribution in [0.4, 0.5) is 8.78 Å². The highest BCUT2D eigenvalue weighted by Crippen LogP contribution is 2.29. The molecule has 26 heavy (non-hydrogen) atoms. The molecular weight excluding hydrogens is 364 g/mol. The third-order valence-electron chi connectivity index (χ3n) is 4.13. The van der Waals surface area contributed by atoms with E-state index >= 15 is 0 Å². The van der Waals surface area contributed by atoms with Gasteiger partial charge in [-0.15, -0.1) is 0 Å². The summed E-state index contributed by atoms with van der Waals surface area (Å²) >= 11 is 0. The molecule has 138 valence electrons. The Balaban J connectivity index is 1.68. The Morgan fingerprint density at radius 3 is 2.54 bits per heavy atom. The molecule has 1 heterocycles. The SMILES string of the molecule is O=C(CC1OCCc2ccccc21)NS(=O)(=O)Cc1c(F)cccc1F. The summed E-state index contributed by atoms with van der Waals surface area (Å²) in [5.74, 6) is -3.71. The first-order valence-corrected chi connectivity index (χ1v) is 9.66. The molecule has 0 aliphatic carbocycles. The zero-order valence-electron chi connectivity index (χ0n) is 13.7. The molecule has 1 aliphatic heterocycles. The zero-order valence-corrected chi connectivity index (χ0v) is 14.6. The molecule has 0 spiro atoms. The molecule has 1 aliphatic rings. The lowest BCUT2D eigenvalue weighted by molar-refractivity contribution is -0.122. The van der Waals surface area contributed by atoms with Crippen LogP contribution in [0.15, 0.2) is 42.5 Å². The maximum atomic E-state index is 13.6. The van der Waals surface area contributed by atoms with E-state index < -0.39 is 45.0 Å². The van der Waals surface area contributed by atoms with Gasteiger partial charge in [0.05, 0.1) is 19.1 Å². The first-order chi connectivity index (χ1) is 12.4. The van der Waals surface area contributed by atoms with Crippen molar-refractivity contribution < 1.29 is 26.7 Å². The molecule has 5 nitrogen and oxygen atoms in total. The van der Waals surface area contributed by atoms with Crippen molar-refractivity contribution in [2.45, 2.75) is 24.7 Å². The fourth-order valence-electron chi connectivity index (χ4n) is 2.93. The van der Waals surface area contributed by atoms with E-state index in [1.807, 2.05) is 29.0 Å². The number of ether oxygens (including phenoxy) is 1. The van der Waals surface area contributed by atoms with E-state index in [1.165, 1.54) is 0 Å². The molecule has 1 atom stereocenters. The van der Waals surface area contributed by atoms with Crippen molar-refractivity contribution in [3.05, 3.63) is 70.8 Å². The minimum Gasteiger partial charge on any atom is -0.373 e. The predicted molar refractivity (Wildman–Crippen MR) is 90.6 cm³/mol. The summed E-state index contributed by atoms with van der Waals surface area (Å²) in [4.78, 5) is 12.1. The maximum Gasteiger partial charge on any atom is 0.239 e. The third kappa shape index (κ3) is 4.25. The molecule has 2 aromatic carbocycles. The second kappa shape index (κ2) is 7.51. The molecule has 1 unspecified atom stereocenters. The van der Waals surface area contributed by atoms with Crippen LogP contribution in [-0.2, 0) is 31.7 Å². The Labute approximate surface area is 150 Å². The number of benzene rings is 2. The van der Waals surface area contributed by atoms with Crippen molar-refractivity contribution in [3.63, 3.8) is 0 Å². The van der Waals surface area contributed by atoms with Gasteiger partial charge in [-0.3, -0.25) is 9.52 Å². The molecule has 8 heteroatoms. The fourth-order valence-corrected chi connectivity index (χ4v) is 4.08. The van der Waals surface area contributed by atoms with E-state index in [2.05, 4.69) is 0 Å². The van der Waals surface area contributed by atoms with Gasteiger partial charge >= 0.3 is 0 Å². The largest absolute Gasteiger partial charge is 0.373 e. The number of rotatable bonds is 5. The molecular formula is C18H17F2NO4S. The fraction of sp³-hybridized carbons (Fsp3) is 0.278. The molecule has 3 rings (SSSR count). The summed E-state index contributed by atoms with van der Waals surface area (Å²) in [6, 6.07) is 10.5. The minimum absolute atomic E-state index is 0.198. The monoisotopic (exact) mass is 381 g/mol. The summed E-state index contributed by atoms with van der Waals surface area (Å²) in [7, 11) is -4.24. The Morgan fingerprint density at radius 2 is 1.81 bits per heavy atom. The highest BCUT2D eigenvalue weighted by atomic mass is 32.2. The Kier molecular flexibility index (Phi) is 5.33. The standard InChI is InChI=1S/C18H17F2NO4S/c19-15-6-3-7-16(20)14(15)11-26(23,24)21-18(22)10-17-13-5-2-1-4-12(13)8-9-25-17/h1-7,17H,8-11H2,(H,21,22). The summed E-state index contributed by atoms with van der Waals surface area (Å²) in [6.07, 6.45) is -0.0323. The first kappa shape index (κ1) is 18.5. The van der Waals surface area contributed by atoms with Gasteiger partial charge in [-0.1, -0.05) is 30.3 Å². The van der Waals surface area contributed by atoms with E-state index in [9.17, 15) is 22.0 Å². The summed E-state index contributed by atoms with van der Waals surface area (Å²) in [5, 5.41) is 0. The lowest BCUT2D eigenvalue weighted by Crippen LogP contribution is -2.34. The summed E-state index contributed by atoms with van der Waals surface area (Å²) < 4.78 is 58.9. The van der Waals surface area contributed by atoms with Crippen LogP contribution in [0, 0.1) is 11.6 Å². The van der Waals surface area contributed by atoms with Crippen molar-refractivity contribution in [2.75, 3.05) is 6.61 Å². The molecule has 1 N–H and O–H groups in total. The number of sulfonamides is 1. The van der Waals surface area contributed by atoms with E-state index in [4.69, 9.17) is 4.74 Å². The van der Waals surface area contributed by atoms with Crippen LogP contribution in [0.3, 0.4) is 0 Å². The van der Waals surface area contributed by atoms with Crippen LogP contribution < -0.4 is 4.72 Å². The molecule has 0 fully saturated rings. The third-order valence-corrected chi connectivity index (χ3v) is 5.34. The number of nitrogens with one attached hydrogen (secondary N) is 1. The second-order valence-electron chi connectivity index (χ2n) is 6.00. The van der Waals surface area contributed by atoms with Gasteiger partial charge in [0.15, 0.2) is 0 Å². The van der Waals surface area contributed by atoms with E-state index in [0.29, 0.717) is 6.61 Å². The van der Waals surface area contributed by atoms with Crippen LogP contribution in [0.5, 0.6) is 0 Å². The number of fused-ring (bicyclic) bond motifs is 1. The maximum absolute atomic E-state index is 13.6. The van der Waals surface area contributed by atoms with Crippen molar-refractivity contribution in [3.8, 4) is 0 Å². The average Bonchev–Trinajstić information content (AvgIpc) is 2.58. The zero-order chi connectivity index (χ0) is 18.7. The smallest absolute Gasteiger partial charge is 0.239 e. The highest BCUT2D eigenvalue weighted by Gasteiger charge is 2.26. The minimum atomic E-state index is -4.24. The summed E-state index contributed by atoms with van der Waals surface area (Å²) in [6.45, 7) is 0.433. The van der Waals surface area contributed by atoms with E-state index in [-0.39, 0.29) is 6.42 Å². The van der Waals surface area contributed by atoms with Crippen molar-refractivity contribution >= 4 is 15.9 Å². The molecule has 0 aromatic heterocycles. The van der Waals surface area contributed by atoms with Crippen molar-refractivity contribution in [1.82, 2.24) is 4.72 Å². The van der Waals surface area contributed by atoms with E-state index in [0.717, 1.165) is 35.7 Å². The number of carbonyl (C=O) groups is 1. The predicted octanol–water partition coefficient (Wildman–Crippen LogP) is 2.61. The lowest BCUT2D eigenvalue weighted by Gasteiger charge is -2.25. The van der Waals surface area contributed by atoms with Crippen molar-refractivity contribution in [2.24, 2.45) is 0 Å². The number of hydrogen-bond donors (Lipinski definition) is 1. The van der Waals surface area contributed by atoms with Gasteiger partial charge < -0.3 is 4.74 Å². The topological polar surface area (TPSA) is 72.5 Å². The lowest BCUT2D eigenvalue weighted by atomic mass is 9.96. The molecule has 0 bridgehead atoms. The van der Waals surface area contributed by atoms with Crippen LogP contribution in [-0.4, -0.2) is 20.9 Å².